The van der Waals surface area contributed by atoms with E-state index in [2.05, 4.69) is 55.6 Å². The number of hydrogen-bond donors (Lipinski definition) is 1. The van der Waals surface area contributed by atoms with Gasteiger partial charge in [0.05, 0.1) is 10.4 Å². The zero-order valence-corrected chi connectivity index (χ0v) is 13.5. The van der Waals surface area contributed by atoms with Gasteiger partial charge in [-0.1, -0.05) is 48.9 Å². The van der Waals surface area contributed by atoms with Gasteiger partial charge in [0, 0.05) is 10.3 Å². The molecule has 1 aromatic heterocycles. The highest BCUT2D eigenvalue weighted by molar-refractivity contribution is 7.16. The van der Waals surface area contributed by atoms with Crippen LogP contribution in [0.25, 0.3) is 0 Å². The minimum Gasteiger partial charge on any atom is -0.309 e. The van der Waals surface area contributed by atoms with Crippen molar-refractivity contribution in [2.45, 2.75) is 38.1 Å². The summed E-state index contributed by atoms with van der Waals surface area (Å²) in [4.78, 5) is 1.37. The summed E-state index contributed by atoms with van der Waals surface area (Å²) in [7, 11) is 0. The van der Waals surface area contributed by atoms with Crippen LogP contribution in [-0.4, -0.2) is 6.54 Å². The molecule has 3 rings (SSSR count). The summed E-state index contributed by atoms with van der Waals surface area (Å²) in [5.74, 6) is 0. The van der Waals surface area contributed by atoms with Gasteiger partial charge in [0.15, 0.2) is 0 Å². The molecular weight excluding hydrogens is 286 g/mol. The van der Waals surface area contributed by atoms with E-state index in [4.69, 9.17) is 11.6 Å². The first-order valence-corrected chi connectivity index (χ1v) is 8.41. The number of likely N-dealkylation sites (N-methyl/N-ethyl adjacent to an activating group) is 1. The second-order valence-corrected chi connectivity index (χ2v) is 7.30. The van der Waals surface area contributed by atoms with Crippen molar-refractivity contribution >= 4 is 22.9 Å². The molecule has 0 saturated heterocycles. The van der Waals surface area contributed by atoms with Crippen LogP contribution in [0.3, 0.4) is 0 Å². The van der Waals surface area contributed by atoms with Crippen LogP contribution in [0.5, 0.6) is 0 Å². The fourth-order valence-electron chi connectivity index (χ4n) is 3.05. The maximum atomic E-state index is 6.28. The van der Waals surface area contributed by atoms with E-state index in [-0.39, 0.29) is 5.41 Å². The van der Waals surface area contributed by atoms with Gasteiger partial charge < -0.3 is 5.32 Å². The highest BCUT2D eigenvalue weighted by Crippen LogP contribution is 2.57. The summed E-state index contributed by atoms with van der Waals surface area (Å²) in [6.07, 6.45) is 2.51. The van der Waals surface area contributed by atoms with Gasteiger partial charge in [-0.05, 0) is 43.5 Å². The third-order valence-corrected chi connectivity index (χ3v) is 5.88. The largest absolute Gasteiger partial charge is 0.309 e. The number of rotatable bonds is 5. The van der Waals surface area contributed by atoms with Gasteiger partial charge in [-0.15, -0.1) is 11.3 Å². The average Bonchev–Trinajstić information content (AvgIpc) is 3.20. The zero-order valence-electron chi connectivity index (χ0n) is 11.9. The molecule has 3 heteroatoms. The normalized spacial score (nSPS) is 17.9. The summed E-state index contributed by atoms with van der Waals surface area (Å²) in [6, 6.07) is 13.5. The number of benzene rings is 1. The van der Waals surface area contributed by atoms with E-state index in [0.29, 0.717) is 6.04 Å². The Morgan fingerprint density at radius 2 is 2.00 bits per heavy atom. The summed E-state index contributed by atoms with van der Waals surface area (Å²) in [6.45, 7) is 5.25. The van der Waals surface area contributed by atoms with Crippen LogP contribution in [0.4, 0.5) is 0 Å². The Balaban J connectivity index is 1.99. The van der Waals surface area contributed by atoms with E-state index in [1.54, 1.807) is 11.3 Å². The summed E-state index contributed by atoms with van der Waals surface area (Å²) in [5, 5.41) is 3.69. The van der Waals surface area contributed by atoms with Crippen LogP contribution in [0.15, 0.2) is 36.4 Å². The predicted molar refractivity (Wildman–Crippen MR) is 87.8 cm³/mol. The lowest BCUT2D eigenvalue weighted by molar-refractivity contribution is 0.446. The monoisotopic (exact) mass is 305 g/mol. The molecule has 1 aliphatic rings. The first kappa shape index (κ1) is 14.1. The number of aryl methyl sites for hydroxylation is 1. The SMILES string of the molecule is CCNC(c1cc(C)c(Cl)s1)C1(c2ccccc2)CC1. The van der Waals surface area contributed by atoms with E-state index in [9.17, 15) is 0 Å². The van der Waals surface area contributed by atoms with Crippen molar-refractivity contribution in [2.24, 2.45) is 0 Å². The van der Waals surface area contributed by atoms with Crippen molar-refractivity contribution in [1.29, 1.82) is 0 Å². The smallest absolute Gasteiger partial charge is 0.0960 e. The fraction of sp³-hybridized carbons (Fsp3) is 0.412. The van der Waals surface area contributed by atoms with Crippen LogP contribution in [0.2, 0.25) is 4.34 Å². The Morgan fingerprint density at radius 3 is 2.50 bits per heavy atom. The van der Waals surface area contributed by atoms with Gasteiger partial charge in [-0.25, -0.2) is 0 Å². The summed E-state index contributed by atoms with van der Waals surface area (Å²) in [5.41, 5.74) is 2.91. The Morgan fingerprint density at radius 1 is 1.30 bits per heavy atom. The molecule has 1 unspecified atom stereocenters. The Kier molecular flexibility index (Phi) is 3.89. The molecule has 1 atom stereocenters. The molecule has 1 heterocycles. The Bertz CT molecular complexity index is 567. The second kappa shape index (κ2) is 5.51. The standard InChI is InChI=1S/C17H20ClNS/c1-3-19-15(14-11-12(2)16(18)20-14)17(9-10-17)13-7-5-4-6-8-13/h4-8,11,15,19H,3,9-10H2,1-2H3. The lowest BCUT2D eigenvalue weighted by atomic mass is 9.87. The Hall–Kier alpha value is -0.830. The van der Waals surface area contributed by atoms with Gasteiger partial charge in [-0.2, -0.15) is 0 Å². The maximum absolute atomic E-state index is 6.28. The molecular formula is C17H20ClNS. The van der Waals surface area contributed by atoms with Crippen LogP contribution < -0.4 is 5.32 Å². The van der Waals surface area contributed by atoms with Gasteiger partial charge in [0.1, 0.15) is 0 Å². The third kappa shape index (κ3) is 2.41. The highest BCUT2D eigenvalue weighted by atomic mass is 35.5. The van der Waals surface area contributed by atoms with E-state index < -0.39 is 0 Å². The molecule has 1 fully saturated rings. The lowest BCUT2D eigenvalue weighted by Gasteiger charge is -2.27. The number of nitrogens with one attached hydrogen (secondary N) is 1. The minimum absolute atomic E-state index is 0.262. The van der Waals surface area contributed by atoms with Crippen LogP contribution >= 0.6 is 22.9 Å². The molecule has 1 N–H and O–H groups in total. The van der Waals surface area contributed by atoms with Crippen molar-refractivity contribution in [3.05, 3.63) is 56.7 Å². The van der Waals surface area contributed by atoms with Gasteiger partial charge in [-0.3, -0.25) is 0 Å². The highest BCUT2D eigenvalue weighted by Gasteiger charge is 2.51. The molecule has 0 aliphatic heterocycles. The van der Waals surface area contributed by atoms with Gasteiger partial charge >= 0.3 is 0 Å². The van der Waals surface area contributed by atoms with Crippen LogP contribution in [0.1, 0.15) is 41.8 Å². The predicted octanol–water partition coefficient (Wildman–Crippen LogP) is 5.09. The topological polar surface area (TPSA) is 12.0 Å². The molecule has 1 aromatic carbocycles. The van der Waals surface area contributed by atoms with Gasteiger partial charge in [0.2, 0.25) is 0 Å². The van der Waals surface area contributed by atoms with Crippen molar-refractivity contribution in [1.82, 2.24) is 5.32 Å². The van der Waals surface area contributed by atoms with Crippen molar-refractivity contribution in [2.75, 3.05) is 6.54 Å². The van der Waals surface area contributed by atoms with Crippen molar-refractivity contribution < 1.29 is 0 Å². The average molecular weight is 306 g/mol. The molecule has 1 nitrogen and oxygen atoms in total. The van der Waals surface area contributed by atoms with E-state index in [1.807, 2.05) is 0 Å². The molecule has 0 bridgehead atoms. The minimum atomic E-state index is 0.262. The van der Waals surface area contributed by atoms with Gasteiger partial charge in [0.25, 0.3) is 0 Å². The quantitative estimate of drug-likeness (QED) is 0.811. The number of halogens is 1. The third-order valence-electron chi connectivity index (χ3n) is 4.26. The Labute approximate surface area is 130 Å². The number of thiophene rings is 1. The first-order valence-electron chi connectivity index (χ1n) is 7.22. The van der Waals surface area contributed by atoms with E-state index in [0.717, 1.165) is 10.9 Å². The van der Waals surface area contributed by atoms with E-state index >= 15 is 0 Å². The maximum Gasteiger partial charge on any atom is 0.0960 e. The summed E-state index contributed by atoms with van der Waals surface area (Å²) < 4.78 is 0.923. The van der Waals surface area contributed by atoms with Crippen molar-refractivity contribution in [3.8, 4) is 0 Å². The molecule has 1 saturated carbocycles. The lowest BCUT2D eigenvalue weighted by Crippen LogP contribution is -2.31. The van der Waals surface area contributed by atoms with Crippen molar-refractivity contribution in [3.63, 3.8) is 0 Å². The van der Waals surface area contributed by atoms with Crippen LogP contribution in [-0.2, 0) is 5.41 Å². The summed E-state index contributed by atoms with van der Waals surface area (Å²) >= 11 is 8.01. The zero-order chi connectivity index (χ0) is 14.2. The molecule has 1 aliphatic carbocycles. The van der Waals surface area contributed by atoms with E-state index in [1.165, 1.54) is 28.8 Å². The number of hydrogen-bond acceptors (Lipinski definition) is 2. The molecule has 0 radical (unpaired) electrons. The van der Waals surface area contributed by atoms with Crippen LogP contribution in [0, 0.1) is 6.92 Å². The molecule has 106 valence electrons. The molecule has 2 aromatic rings. The molecule has 0 spiro atoms. The molecule has 0 amide bonds. The molecule has 20 heavy (non-hydrogen) atoms. The second-order valence-electron chi connectivity index (χ2n) is 5.62. The first-order chi connectivity index (χ1) is 9.67. The fourth-order valence-corrected chi connectivity index (χ4v) is 4.46.